The number of hydrogen-bond acceptors (Lipinski definition) is 4. The Morgan fingerprint density at radius 3 is 2.16 bits per heavy atom. The molecule has 4 nitrogen and oxygen atoms in total. The minimum Gasteiger partial charge on any atom is -0.462 e. The Labute approximate surface area is 188 Å². The van der Waals surface area contributed by atoms with Crippen LogP contribution in [0, 0.1) is 6.92 Å². The maximum absolute atomic E-state index is 12.5. The first-order valence-corrected chi connectivity index (χ1v) is 11.4. The van der Waals surface area contributed by atoms with Crippen LogP contribution in [0.15, 0.2) is 77.7 Å². The average molecular weight is 434 g/mol. The number of ether oxygens (including phenoxy) is 1. The highest BCUT2D eigenvalue weighted by molar-refractivity contribution is 7.98. The van der Waals surface area contributed by atoms with Crippen LogP contribution in [0.3, 0.4) is 0 Å². The van der Waals surface area contributed by atoms with Gasteiger partial charge in [0.2, 0.25) is 0 Å². The van der Waals surface area contributed by atoms with Crippen LogP contribution in [0.2, 0.25) is 0 Å². The highest BCUT2D eigenvalue weighted by atomic mass is 32.2. The van der Waals surface area contributed by atoms with Crippen molar-refractivity contribution in [3.05, 3.63) is 95.1 Å². The topological polar surface area (TPSA) is 55.4 Å². The maximum atomic E-state index is 12.5. The third-order valence-electron chi connectivity index (χ3n) is 4.75. The normalized spacial score (nSPS) is 10.5. The molecule has 1 N–H and O–H groups in total. The van der Waals surface area contributed by atoms with Crippen LogP contribution in [0.5, 0.6) is 0 Å². The van der Waals surface area contributed by atoms with E-state index < -0.39 is 0 Å². The van der Waals surface area contributed by atoms with Crippen LogP contribution in [-0.2, 0) is 10.5 Å². The van der Waals surface area contributed by atoms with Gasteiger partial charge in [-0.15, -0.1) is 11.8 Å². The number of rotatable bonds is 9. The van der Waals surface area contributed by atoms with Crippen LogP contribution in [0.25, 0.3) is 0 Å². The molecule has 31 heavy (non-hydrogen) atoms. The molecule has 0 atom stereocenters. The second-order valence-electron chi connectivity index (χ2n) is 7.32. The molecule has 0 aromatic heterocycles. The van der Waals surface area contributed by atoms with Gasteiger partial charge in [-0.1, -0.05) is 43.2 Å². The largest absolute Gasteiger partial charge is 0.462 e. The first-order valence-electron chi connectivity index (χ1n) is 10.4. The highest BCUT2D eigenvalue weighted by Gasteiger charge is 2.09. The fraction of sp³-hybridized carbons (Fsp3) is 0.231. The van der Waals surface area contributed by atoms with Crippen LogP contribution in [0.1, 0.15) is 51.6 Å². The Hall–Kier alpha value is -3.05. The number of anilines is 1. The summed E-state index contributed by atoms with van der Waals surface area (Å²) in [6.07, 6.45) is 1.83. The van der Waals surface area contributed by atoms with Crippen molar-refractivity contribution in [1.29, 1.82) is 0 Å². The van der Waals surface area contributed by atoms with E-state index in [2.05, 4.69) is 36.5 Å². The van der Waals surface area contributed by atoms with E-state index >= 15 is 0 Å². The number of aryl methyl sites for hydroxylation is 1. The number of unbranched alkanes of at least 4 members (excludes halogenated alkanes) is 1. The summed E-state index contributed by atoms with van der Waals surface area (Å²) < 4.78 is 5.20. The molecule has 0 aliphatic carbocycles. The van der Waals surface area contributed by atoms with Gasteiger partial charge >= 0.3 is 5.97 Å². The molecule has 3 aromatic rings. The third-order valence-corrected chi connectivity index (χ3v) is 5.84. The molecule has 3 aromatic carbocycles. The summed E-state index contributed by atoms with van der Waals surface area (Å²) in [7, 11) is 0. The van der Waals surface area contributed by atoms with Gasteiger partial charge in [0.1, 0.15) is 0 Å². The number of benzene rings is 3. The first kappa shape index (κ1) is 22.6. The van der Waals surface area contributed by atoms with Crippen LogP contribution >= 0.6 is 11.8 Å². The van der Waals surface area contributed by atoms with Gasteiger partial charge in [0.15, 0.2) is 0 Å². The smallest absolute Gasteiger partial charge is 0.338 e. The zero-order valence-electron chi connectivity index (χ0n) is 17.9. The van der Waals surface area contributed by atoms with E-state index in [-0.39, 0.29) is 11.9 Å². The number of nitrogens with one attached hydrogen (secondary N) is 1. The second-order valence-corrected chi connectivity index (χ2v) is 8.37. The molecule has 0 fully saturated rings. The van der Waals surface area contributed by atoms with E-state index in [1.807, 2.05) is 31.2 Å². The molecular weight excluding hydrogens is 406 g/mol. The average Bonchev–Trinajstić information content (AvgIpc) is 2.79. The van der Waals surface area contributed by atoms with Gasteiger partial charge < -0.3 is 10.1 Å². The molecule has 0 radical (unpaired) electrons. The van der Waals surface area contributed by atoms with Gasteiger partial charge in [-0.25, -0.2) is 4.79 Å². The van der Waals surface area contributed by atoms with E-state index in [4.69, 9.17) is 4.74 Å². The molecule has 0 aliphatic rings. The first-order chi connectivity index (χ1) is 15.0. The predicted molar refractivity (Wildman–Crippen MR) is 127 cm³/mol. The van der Waals surface area contributed by atoms with Crippen molar-refractivity contribution >= 4 is 29.3 Å². The molecule has 0 bridgehead atoms. The molecule has 5 heteroatoms. The summed E-state index contributed by atoms with van der Waals surface area (Å²) in [6.45, 7) is 4.55. The monoisotopic (exact) mass is 433 g/mol. The Balaban J connectivity index is 1.52. The van der Waals surface area contributed by atoms with E-state index in [0.717, 1.165) is 24.2 Å². The molecule has 1 amide bonds. The maximum Gasteiger partial charge on any atom is 0.338 e. The zero-order chi connectivity index (χ0) is 22.1. The Morgan fingerprint density at radius 2 is 1.52 bits per heavy atom. The number of carbonyl (C=O) groups is 2. The van der Waals surface area contributed by atoms with Gasteiger partial charge in [0.25, 0.3) is 5.91 Å². The molecule has 0 spiro atoms. The molecule has 0 saturated heterocycles. The fourth-order valence-corrected chi connectivity index (χ4v) is 3.69. The summed E-state index contributed by atoms with van der Waals surface area (Å²) >= 11 is 1.77. The molecule has 0 saturated carbocycles. The fourth-order valence-electron chi connectivity index (χ4n) is 2.84. The van der Waals surface area contributed by atoms with Gasteiger partial charge in [-0.3, -0.25) is 4.79 Å². The lowest BCUT2D eigenvalue weighted by molar-refractivity contribution is 0.0499. The minimum atomic E-state index is -0.342. The lowest BCUT2D eigenvalue weighted by Crippen LogP contribution is -2.12. The number of hydrogen-bond donors (Lipinski definition) is 1. The van der Waals surface area contributed by atoms with Crippen molar-refractivity contribution in [2.45, 2.75) is 37.3 Å². The van der Waals surface area contributed by atoms with E-state index in [1.54, 1.807) is 36.0 Å². The molecule has 0 aliphatic heterocycles. The van der Waals surface area contributed by atoms with Crippen molar-refractivity contribution in [1.82, 2.24) is 0 Å². The Kier molecular flexibility index (Phi) is 8.30. The summed E-state index contributed by atoms with van der Waals surface area (Å²) in [5.74, 6) is 0.322. The van der Waals surface area contributed by atoms with E-state index in [1.165, 1.54) is 10.5 Å². The second kappa shape index (κ2) is 11.4. The number of amides is 1. The summed E-state index contributed by atoms with van der Waals surface area (Å²) in [5, 5.41) is 2.86. The molecule has 0 heterocycles. The number of thioether (sulfide) groups is 1. The lowest BCUT2D eigenvalue weighted by Gasteiger charge is -2.08. The zero-order valence-corrected chi connectivity index (χ0v) is 18.7. The third kappa shape index (κ3) is 7.00. The van der Waals surface area contributed by atoms with Gasteiger partial charge in [-0.05, 0) is 67.4 Å². The molecule has 0 unspecified atom stereocenters. The standard InChI is InChI=1S/C26H27NO3S/c1-3-4-17-30-26(29)22-11-13-23(14-12-22)27-25(28)21-9-7-20(8-10-21)18-31-24-15-5-19(2)6-16-24/h5-16H,3-4,17-18H2,1-2H3,(H,27,28). The molecule has 3 rings (SSSR count). The molecular formula is C26H27NO3S. The van der Waals surface area contributed by atoms with Crippen LogP contribution in [-0.4, -0.2) is 18.5 Å². The van der Waals surface area contributed by atoms with Gasteiger partial charge in [0.05, 0.1) is 12.2 Å². The highest BCUT2D eigenvalue weighted by Crippen LogP contribution is 2.23. The molecule has 160 valence electrons. The van der Waals surface area contributed by atoms with Gasteiger partial charge in [-0.2, -0.15) is 0 Å². The lowest BCUT2D eigenvalue weighted by atomic mass is 10.1. The predicted octanol–water partition coefficient (Wildman–Crippen LogP) is 6.50. The van der Waals surface area contributed by atoms with E-state index in [9.17, 15) is 9.59 Å². The number of esters is 1. The van der Waals surface area contributed by atoms with Gasteiger partial charge in [0, 0.05) is 21.9 Å². The van der Waals surface area contributed by atoms with Crippen molar-refractivity contribution in [2.24, 2.45) is 0 Å². The SMILES string of the molecule is CCCCOC(=O)c1ccc(NC(=O)c2ccc(CSc3ccc(C)cc3)cc2)cc1. The Bertz CT molecular complexity index is 996. The summed E-state index contributed by atoms with van der Waals surface area (Å²) in [5.41, 5.74) is 4.11. The van der Waals surface area contributed by atoms with Crippen LogP contribution < -0.4 is 5.32 Å². The van der Waals surface area contributed by atoms with Crippen molar-refractivity contribution in [3.8, 4) is 0 Å². The quantitative estimate of drug-likeness (QED) is 0.238. The van der Waals surface area contributed by atoms with Crippen LogP contribution in [0.4, 0.5) is 5.69 Å². The Morgan fingerprint density at radius 1 is 0.871 bits per heavy atom. The van der Waals surface area contributed by atoms with E-state index in [0.29, 0.717) is 23.4 Å². The summed E-state index contributed by atoms with van der Waals surface area (Å²) in [6, 6.07) is 22.8. The van der Waals surface area contributed by atoms with Crippen molar-refractivity contribution in [2.75, 3.05) is 11.9 Å². The number of carbonyl (C=O) groups excluding carboxylic acids is 2. The van der Waals surface area contributed by atoms with Crippen molar-refractivity contribution in [3.63, 3.8) is 0 Å². The minimum absolute atomic E-state index is 0.184. The van der Waals surface area contributed by atoms with Crippen molar-refractivity contribution < 1.29 is 14.3 Å². The summed E-state index contributed by atoms with van der Waals surface area (Å²) in [4.78, 5) is 25.7.